The quantitative estimate of drug-likeness (QED) is 0.712. The summed E-state index contributed by atoms with van der Waals surface area (Å²) in [5, 5.41) is 0. The molecular weight excluding hydrogens is 188 g/mol. The van der Waals surface area contributed by atoms with Crippen molar-refractivity contribution in [2.24, 2.45) is 0 Å². The number of ether oxygens (including phenoxy) is 2. The summed E-state index contributed by atoms with van der Waals surface area (Å²) >= 11 is 0. The monoisotopic (exact) mass is 216 g/mol. The van der Waals surface area contributed by atoms with E-state index in [4.69, 9.17) is 9.47 Å². The summed E-state index contributed by atoms with van der Waals surface area (Å²) in [5.41, 5.74) is -0.271. The summed E-state index contributed by atoms with van der Waals surface area (Å²) in [7, 11) is 0. The van der Waals surface area contributed by atoms with Crippen molar-refractivity contribution in [2.45, 2.75) is 78.6 Å². The summed E-state index contributed by atoms with van der Waals surface area (Å²) in [4.78, 5) is 0. The van der Waals surface area contributed by atoms with E-state index in [2.05, 4.69) is 55.4 Å². The second-order valence-electron chi connectivity index (χ2n) is 6.68. The molecule has 0 bridgehead atoms. The predicted octanol–water partition coefficient (Wildman–Crippen LogP) is 3.79. The van der Waals surface area contributed by atoms with Crippen molar-refractivity contribution >= 4 is 0 Å². The standard InChI is InChI=1S/C13H28O2/c1-11(2,3)14-10-9-13(7,8)15-12(4,5)6/h9-10H2,1-8H3. The smallest absolute Gasteiger partial charge is 0.0655 e. The van der Waals surface area contributed by atoms with E-state index in [9.17, 15) is 0 Å². The van der Waals surface area contributed by atoms with Crippen molar-refractivity contribution in [1.82, 2.24) is 0 Å². The van der Waals surface area contributed by atoms with E-state index in [1.807, 2.05) is 0 Å². The maximum atomic E-state index is 5.96. The Morgan fingerprint density at radius 3 is 1.53 bits per heavy atom. The van der Waals surface area contributed by atoms with Gasteiger partial charge in [-0.1, -0.05) is 0 Å². The molecule has 0 radical (unpaired) electrons. The van der Waals surface area contributed by atoms with Gasteiger partial charge in [-0.05, 0) is 61.8 Å². The van der Waals surface area contributed by atoms with Crippen molar-refractivity contribution in [3.8, 4) is 0 Å². The molecule has 0 saturated heterocycles. The zero-order chi connectivity index (χ0) is 12.3. The van der Waals surface area contributed by atoms with Gasteiger partial charge in [0.1, 0.15) is 0 Å². The first-order valence-electron chi connectivity index (χ1n) is 5.75. The Morgan fingerprint density at radius 2 is 1.20 bits per heavy atom. The Kier molecular flexibility index (Phi) is 4.81. The minimum atomic E-state index is -0.122. The van der Waals surface area contributed by atoms with Crippen LogP contribution in [0.5, 0.6) is 0 Å². The van der Waals surface area contributed by atoms with E-state index < -0.39 is 0 Å². The largest absolute Gasteiger partial charge is 0.376 e. The van der Waals surface area contributed by atoms with Gasteiger partial charge in [0, 0.05) is 6.61 Å². The summed E-state index contributed by atoms with van der Waals surface area (Å²) in [6.07, 6.45) is 0.918. The van der Waals surface area contributed by atoms with E-state index >= 15 is 0 Å². The van der Waals surface area contributed by atoms with E-state index in [1.54, 1.807) is 0 Å². The van der Waals surface area contributed by atoms with Gasteiger partial charge in [-0.3, -0.25) is 0 Å². The lowest BCUT2D eigenvalue weighted by molar-refractivity contribution is -0.130. The molecule has 0 fully saturated rings. The minimum absolute atomic E-state index is 0.0577. The molecule has 15 heavy (non-hydrogen) atoms. The molecule has 0 aliphatic heterocycles. The minimum Gasteiger partial charge on any atom is -0.376 e. The van der Waals surface area contributed by atoms with Gasteiger partial charge in [0.25, 0.3) is 0 Å². The zero-order valence-corrected chi connectivity index (χ0v) is 11.7. The van der Waals surface area contributed by atoms with Gasteiger partial charge < -0.3 is 9.47 Å². The molecule has 0 aromatic heterocycles. The first-order chi connectivity index (χ1) is 6.41. The van der Waals surface area contributed by atoms with Crippen LogP contribution in [0.1, 0.15) is 61.8 Å². The van der Waals surface area contributed by atoms with E-state index in [0.717, 1.165) is 13.0 Å². The topological polar surface area (TPSA) is 18.5 Å². The maximum absolute atomic E-state index is 5.96. The Morgan fingerprint density at radius 1 is 0.733 bits per heavy atom. The Balaban J connectivity index is 3.95. The van der Waals surface area contributed by atoms with Crippen molar-refractivity contribution < 1.29 is 9.47 Å². The van der Waals surface area contributed by atoms with Crippen LogP contribution < -0.4 is 0 Å². The van der Waals surface area contributed by atoms with Crippen LogP contribution in [-0.4, -0.2) is 23.4 Å². The predicted molar refractivity (Wildman–Crippen MR) is 65.2 cm³/mol. The highest BCUT2D eigenvalue weighted by molar-refractivity contribution is 4.74. The van der Waals surface area contributed by atoms with Crippen molar-refractivity contribution in [3.63, 3.8) is 0 Å². The fourth-order valence-electron chi connectivity index (χ4n) is 1.48. The lowest BCUT2D eigenvalue weighted by Crippen LogP contribution is -2.36. The fraction of sp³-hybridized carbons (Fsp3) is 1.00. The van der Waals surface area contributed by atoms with Crippen LogP contribution in [0.4, 0.5) is 0 Å². The molecule has 2 heteroatoms. The molecule has 0 rings (SSSR count). The van der Waals surface area contributed by atoms with Crippen molar-refractivity contribution in [1.29, 1.82) is 0 Å². The van der Waals surface area contributed by atoms with Crippen LogP contribution in [0.15, 0.2) is 0 Å². The molecule has 0 heterocycles. The molecule has 0 saturated carbocycles. The van der Waals surface area contributed by atoms with Gasteiger partial charge in [0.2, 0.25) is 0 Å². The molecule has 0 spiro atoms. The molecule has 0 amide bonds. The average Bonchev–Trinajstić information content (AvgIpc) is 1.75. The molecule has 0 unspecified atom stereocenters. The van der Waals surface area contributed by atoms with Gasteiger partial charge in [-0.15, -0.1) is 0 Å². The summed E-state index contributed by atoms with van der Waals surface area (Å²) < 4.78 is 11.7. The SMILES string of the molecule is CC(C)(C)OCCC(C)(C)OC(C)(C)C. The van der Waals surface area contributed by atoms with Gasteiger partial charge in [-0.25, -0.2) is 0 Å². The third-order valence-electron chi connectivity index (χ3n) is 1.82. The van der Waals surface area contributed by atoms with Crippen LogP contribution >= 0.6 is 0 Å². The number of rotatable bonds is 4. The van der Waals surface area contributed by atoms with Crippen LogP contribution in [-0.2, 0) is 9.47 Å². The molecular formula is C13H28O2. The average molecular weight is 216 g/mol. The molecule has 0 aliphatic carbocycles. The Bertz CT molecular complexity index is 182. The van der Waals surface area contributed by atoms with E-state index in [-0.39, 0.29) is 16.8 Å². The second-order valence-corrected chi connectivity index (χ2v) is 6.68. The summed E-state index contributed by atoms with van der Waals surface area (Å²) in [5.74, 6) is 0. The Labute approximate surface area is 95.3 Å². The van der Waals surface area contributed by atoms with E-state index in [1.165, 1.54) is 0 Å². The van der Waals surface area contributed by atoms with Crippen LogP contribution in [0.3, 0.4) is 0 Å². The van der Waals surface area contributed by atoms with Gasteiger partial charge in [-0.2, -0.15) is 0 Å². The van der Waals surface area contributed by atoms with Crippen LogP contribution in [0.25, 0.3) is 0 Å². The Hall–Kier alpha value is -0.0800. The third-order valence-corrected chi connectivity index (χ3v) is 1.82. The van der Waals surface area contributed by atoms with Crippen molar-refractivity contribution in [2.75, 3.05) is 6.61 Å². The van der Waals surface area contributed by atoms with Gasteiger partial charge >= 0.3 is 0 Å². The normalized spacial score (nSPS) is 14.4. The molecule has 2 nitrogen and oxygen atoms in total. The summed E-state index contributed by atoms with van der Waals surface area (Å²) in [6.45, 7) is 17.4. The van der Waals surface area contributed by atoms with Crippen LogP contribution in [0, 0.1) is 0 Å². The lowest BCUT2D eigenvalue weighted by Gasteiger charge is -2.34. The highest BCUT2D eigenvalue weighted by atomic mass is 16.5. The fourth-order valence-corrected chi connectivity index (χ4v) is 1.48. The molecule has 0 N–H and O–H groups in total. The van der Waals surface area contributed by atoms with Gasteiger partial charge in [0.05, 0.1) is 16.8 Å². The first kappa shape index (κ1) is 14.9. The summed E-state index contributed by atoms with van der Waals surface area (Å²) in [6, 6.07) is 0. The molecule has 0 aliphatic rings. The second kappa shape index (κ2) is 4.84. The molecule has 0 aromatic carbocycles. The third kappa shape index (κ3) is 10.2. The zero-order valence-electron chi connectivity index (χ0n) is 11.7. The first-order valence-corrected chi connectivity index (χ1v) is 5.75. The highest BCUT2D eigenvalue weighted by Crippen LogP contribution is 2.23. The number of hydrogen-bond donors (Lipinski definition) is 0. The van der Waals surface area contributed by atoms with E-state index in [0.29, 0.717) is 0 Å². The highest BCUT2D eigenvalue weighted by Gasteiger charge is 2.26. The lowest BCUT2D eigenvalue weighted by atomic mass is 10.0. The number of hydrogen-bond acceptors (Lipinski definition) is 2. The maximum Gasteiger partial charge on any atom is 0.0655 e. The van der Waals surface area contributed by atoms with Gasteiger partial charge in [0.15, 0.2) is 0 Å². The molecule has 92 valence electrons. The van der Waals surface area contributed by atoms with Crippen molar-refractivity contribution in [3.05, 3.63) is 0 Å². The molecule has 0 atom stereocenters. The molecule has 0 aromatic rings. The van der Waals surface area contributed by atoms with Crippen LogP contribution in [0.2, 0.25) is 0 Å².